The van der Waals surface area contributed by atoms with Gasteiger partial charge in [0.15, 0.2) is 0 Å². The first-order chi connectivity index (χ1) is 18.8. The Balaban J connectivity index is 1.59. The van der Waals surface area contributed by atoms with Gasteiger partial charge >= 0.3 is 0 Å². The Morgan fingerprint density at radius 2 is 0.868 bits per heavy atom. The Morgan fingerprint density at radius 3 is 1.21 bits per heavy atom. The highest BCUT2D eigenvalue weighted by Gasteiger charge is 2.17. The van der Waals surface area contributed by atoms with Gasteiger partial charge in [-0.05, 0) is 47.9 Å². The van der Waals surface area contributed by atoms with E-state index in [0.717, 1.165) is 48.7 Å². The van der Waals surface area contributed by atoms with E-state index in [1.54, 1.807) is 22.7 Å². The Morgan fingerprint density at radius 1 is 0.500 bits per heavy atom. The van der Waals surface area contributed by atoms with Crippen molar-refractivity contribution in [1.29, 1.82) is 0 Å². The molecule has 4 heteroatoms. The molecule has 0 bridgehead atoms. The Labute approximate surface area is 240 Å². The summed E-state index contributed by atoms with van der Waals surface area (Å²) in [6.07, 6.45) is 21.0. The van der Waals surface area contributed by atoms with Gasteiger partial charge in [-0.2, -0.15) is 0 Å². The third-order valence-corrected chi connectivity index (χ3v) is 8.97. The number of ether oxygens (including phenoxy) is 2. The van der Waals surface area contributed by atoms with Gasteiger partial charge in [-0.3, -0.25) is 0 Å². The smallest absolute Gasteiger partial charge is 0.128 e. The average Bonchev–Trinajstić information content (AvgIpc) is 3.66. The van der Waals surface area contributed by atoms with Crippen molar-refractivity contribution in [2.24, 2.45) is 0 Å². The molecule has 0 saturated heterocycles. The van der Waals surface area contributed by atoms with Crippen LogP contribution in [0.25, 0.3) is 20.9 Å². The number of benzene rings is 1. The molecule has 3 aromatic rings. The van der Waals surface area contributed by atoms with E-state index in [4.69, 9.17) is 9.47 Å². The zero-order valence-corrected chi connectivity index (χ0v) is 25.6. The Kier molecular flexibility index (Phi) is 15.6. The molecule has 0 radical (unpaired) electrons. The SMILES string of the molecule is CCCCCCCCCCOc1cc(-c2cccs2)c(OCCCCCCCCCC)cc1-c1cccs1. The van der Waals surface area contributed by atoms with Crippen LogP contribution in [0.15, 0.2) is 47.2 Å². The van der Waals surface area contributed by atoms with Crippen LogP contribution in [0.1, 0.15) is 117 Å². The van der Waals surface area contributed by atoms with E-state index in [2.05, 4.69) is 61.0 Å². The van der Waals surface area contributed by atoms with Crippen LogP contribution in [0.5, 0.6) is 11.5 Å². The molecular weight excluding hydrogens is 505 g/mol. The molecular formula is C34H50O2S2. The molecule has 0 atom stereocenters. The fourth-order valence-corrected chi connectivity index (χ4v) is 6.38. The normalized spacial score (nSPS) is 11.2. The van der Waals surface area contributed by atoms with Gasteiger partial charge in [-0.25, -0.2) is 0 Å². The summed E-state index contributed by atoms with van der Waals surface area (Å²) in [5.74, 6) is 1.97. The third-order valence-electron chi connectivity index (χ3n) is 7.17. The molecule has 0 saturated carbocycles. The molecule has 0 fully saturated rings. The van der Waals surface area contributed by atoms with Gasteiger partial charge in [-0.15, -0.1) is 22.7 Å². The molecule has 0 aliphatic carbocycles. The van der Waals surface area contributed by atoms with Crippen LogP contribution >= 0.6 is 22.7 Å². The molecule has 2 heterocycles. The quantitative estimate of drug-likeness (QED) is 0.115. The average molecular weight is 555 g/mol. The summed E-state index contributed by atoms with van der Waals surface area (Å²) in [7, 11) is 0. The van der Waals surface area contributed by atoms with Crippen LogP contribution in [0.2, 0.25) is 0 Å². The first kappa shape index (κ1) is 30.8. The van der Waals surface area contributed by atoms with Crippen molar-refractivity contribution in [2.45, 2.75) is 117 Å². The zero-order chi connectivity index (χ0) is 26.7. The second-order valence-corrected chi connectivity index (χ2v) is 12.3. The van der Waals surface area contributed by atoms with E-state index in [0.29, 0.717) is 0 Å². The number of hydrogen-bond donors (Lipinski definition) is 0. The minimum atomic E-state index is 0.773. The van der Waals surface area contributed by atoms with Crippen molar-refractivity contribution >= 4 is 22.7 Å². The third kappa shape index (κ3) is 11.1. The molecule has 2 aromatic heterocycles. The maximum absolute atomic E-state index is 6.45. The van der Waals surface area contributed by atoms with Crippen LogP contribution in [0, 0.1) is 0 Å². The number of thiophene rings is 2. The van der Waals surface area contributed by atoms with E-state index in [1.807, 2.05) is 0 Å². The molecule has 0 aliphatic heterocycles. The zero-order valence-electron chi connectivity index (χ0n) is 24.0. The van der Waals surface area contributed by atoms with Gasteiger partial charge in [0.2, 0.25) is 0 Å². The molecule has 1 aromatic carbocycles. The molecule has 210 valence electrons. The lowest BCUT2D eigenvalue weighted by Gasteiger charge is -2.17. The molecule has 0 aliphatic rings. The highest BCUT2D eigenvalue weighted by atomic mass is 32.1. The first-order valence-corrected chi connectivity index (χ1v) is 17.1. The number of hydrogen-bond acceptors (Lipinski definition) is 4. The summed E-state index contributed by atoms with van der Waals surface area (Å²) in [4.78, 5) is 2.48. The highest BCUT2D eigenvalue weighted by molar-refractivity contribution is 7.14. The molecule has 0 spiro atoms. The van der Waals surface area contributed by atoms with Crippen molar-refractivity contribution in [3.8, 4) is 32.4 Å². The van der Waals surface area contributed by atoms with Gasteiger partial charge in [-0.1, -0.05) is 116 Å². The van der Waals surface area contributed by atoms with E-state index in [1.165, 1.54) is 99.6 Å². The fraction of sp³-hybridized carbons (Fsp3) is 0.588. The molecule has 0 unspecified atom stereocenters. The summed E-state index contributed by atoms with van der Waals surface area (Å²) >= 11 is 3.54. The van der Waals surface area contributed by atoms with Crippen molar-refractivity contribution in [1.82, 2.24) is 0 Å². The lowest BCUT2D eigenvalue weighted by atomic mass is 10.1. The summed E-state index contributed by atoms with van der Waals surface area (Å²) in [6, 6.07) is 13.1. The van der Waals surface area contributed by atoms with Crippen molar-refractivity contribution in [2.75, 3.05) is 13.2 Å². The van der Waals surface area contributed by atoms with Crippen molar-refractivity contribution in [3.63, 3.8) is 0 Å². The molecule has 2 nitrogen and oxygen atoms in total. The monoisotopic (exact) mass is 554 g/mol. The van der Waals surface area contributed by atoms with E-state index >= 15 is 0 Å². The standard InChI is InChI=1S/C34H50O2S2/c1-3-5-7-9-11-13-15-17-23-35-31-27-30(34-22-20-26-38-34)32(28-29(31)33-21-19-25-37-33)36-24-18-16-14-12-10-8-6-4-2/h19-22,25-28H,3-18,23-24H2,1-2H3. The number of rotatable bonds is 22. The van der Waals surface area contributed by atoms with Gasteiger partial charge < -0.3 is 9.47 Å². The second-order valence-electron chi connectivity index (χ2n) is 10.4. The van der Waals surface area contributed by atoms with Crippen molar-refractivity contribution in [3.05, 3.63) is 47.2 Å². The lowest BCUT2D eigenvalue weighted by Crippen LogP contribution is -2.02. The van der Waals surface area contributed by atoms with Gasteiger partial charge in [0.1, 0.15) is 11.5 Å². The first-order valence-electron chi connectivity index (χ1n) is 15.3. The summed E-state index contributed by atoms with van der Waals surface area (Å²) in [6.45, 7) is 6.11. The van der Waals surface area contributed by atoms with Crippen LogP contribution in [0.4, 0.5) is 0 Å². The van der Waals surface area contributed by atoms with Gasteiger partial charge in [0.05, 0.1) is 13.2 Å². The Bertz CT molecular complexity index is 883. The minimum absolute atomic E-state index is 0.773. The maximum Gasteiger partial charge on any atom is 0.128 e. The summed E-state index contributed by atoms with van der Waals surface area (Å²) in [5.41, 5.74) is 2.32. The van der Waals surface area contributed by atoms with Crippen LogP contribution in [0.3, 0.4) is 0 Å². The van der Waals surface area contributed by atoms with Crippen LogP contribution in [-0.2, 0) is 0 Å². The van der Waals surface area contributed by atoms with E-state index < -0.39 is 0 Å². The fourth-order valence-electron chi connectivity index (χ4n) is 4.88. The summed E-state index contributed by atoms with van der Waals surface area (Å²) < 4.78 is 12.9. The van der Waals surface area contributed by atoms with Gasteiger partial charge in [0.25, 0.3) is 0 Å². The summed E-state index contributed by atoms with van der Waals surface area (Å²) in [5, 5.41) is 4.29. The second kappa shape index (κ2) is 19.3. The van der Waals surface area contributed by atoms with E-state index in [9.17, 15) is 0 Å². The molecule has 38 heavy (non-hydrogen) atoms. The molecule has 0 amide bonds. The lowest BCUT2D eigenvalue weighted by molar-refractivity contribution is 0.298. The predicted molar refractivity (Wildman–Crippen MR) is 169 cm³/mol. The highest BCUT2D eigenvalue weighted by Crippen LogP contribution is 2.43. The van der Waals surface area contributed by atoms with E-state index in [-0.39, 0.29) is 0 Å². The minimum Gasteiger partial charge on any atom is -0.493 e. The maximum atomic E-state index is 6.45. The van der Waals surface area contributed by atoms with Gasteiger partial charge in [0, 0.05) is 20.9 Å². The Hall–Kier alpha value is -1.78. The largest absolute Gasteiger partial charge is 0.493 e. The topological polar surface area (TPSA) is 18.5 Å². The number of unbranched alkanes of at least 4 members (excludes halogenated alkanes) is 14. The molecule has 0 N–H and O–H groups in total. The van der Waals surface area contributed by atoms with Crippen LogP contribution < -0.4 is 9.47 Å². The van der Waals surface area contributed by atoms with Crippen molar-refractivity contribution < 1.29 is 9.47 Å². The predicted octanol–water partition coefficient (Wildman–Crippen LogP) is 12.2. The van der Waals surface area contributed by atoms with Crippen LogP contribution in [-0.4, -0.2) is 13.2 Å². The molecule has 3 rings (SSSR count).